The Morgan fingerprint density at radius 3 is 2.71 bits per heavy atom. The second-order valence-electron chi connectivity index (χ2n) is 6.01. The van der Waals surface area contributed by atoms with E-state index in [2.05, 4.69) is 29.4 Å². The third-order valence-electron chi connectivity index (χ3n) is 3.84. The van der Waals surface area contributed by atoms with Crippen LogP contribution in [-0.2, 0) is 0 Å². The Morgan fingerprint density at radius 1 is 1.29 bits per heavy atom. The molecule has 2 aromatic heterocycles. The van der Waals surface area contributed by atoms with Gasteiger partial charge in [0.05, 0.1) is 12.8 Å². The molecule has 2 heterocycles. The van der Waals surface area contributed by atoms with E-state index in [4.69, 9.17) is 4.74 Å². The Balaban J connectivity index is 1.98. The van der Waals surface area contributed by atoms with Crippen molar-refractivity contribution < 1.29 is 9.53 Å². The molecule has 0 saturated heterocycles. The summed E-state index contributed by atoms with van der Waals surface area (Å²) in [6.45, 7) is 8.01. The molecular weight excluding hydrogens is 324 g/mol. The minimum Gasteiger partial charge on any atom is -0.495 e. The summed E-state index contributed by atoms with van der Waals surface area (Å²) in [7, 11) is 1.59. The highest BCUT2D eigenvalue weighted by molar-refractivity contribution is 7.19. The summed E-state index contributed by atoms with van der Waals surface area (Å²) >= 11 is 1.34. The number of aromatic nitrogens is 3. The first-order chi connectivity index (χ1) is 11.4. The predicted molar refractivity (Wildman–Crippen MR) is 95.4 cm³/mol. The first-order valence-electron chi connectivity index (χ1n) is 7.72. The second kappa shape index (κ2) is 6.24. The zero-order chi connectivity index (χ0) is 17.4. The van der Waals surface area contributed by atoms with Crippen LogP contribution in [0.1, 0.15) is 46.5 Å². The lowest BCUT2D eigenvalue weighted by molar-refractivity contribution is 0.102. The number of carbonyl (C=O) groups excluding carboxylic acids is 1. The van der Waals surface area contributed by atoms with E-state index in [9.17, 15) is 4.79 Å². The molecule has 0 unspecified atom stereocenters. The molecule has 24 heavy (non-hydrogen) atoms. The van der Waals surface area contributed by atoms with Crippen molar-refractivity contribution in [2.24, 2.45) is 0 Å². The fraction of sp³-hybridized carbons (Fsp3) is 0.353. The predicted octanol–water partition coefficient (Wildman–Crippen LogP) is 3.79. The van der Waals surface area contributed by atoms with Crippen LogP contribution in [0.4, 0.5) is 5.69 Å². The van der Waals surface area contributed by atoms with Gasteiger partial charge in [-0.05, 0) is 31.5 Å². The van der Waals surface area contributed by atoms with E-state index in [1.165, 1.54) is 11.3 Å². The maximum absolute atomic E-state index is 12.7. The molecule has 0 fully saturated rings. The third-order valence-corrected chi connectivity index (χ3v) is 4.97. The molecule has 1 aromatic carbocycles. The van der Waals surface area contributed by atoms with Crippen LogP contribution in [0.3, 0.4) is 0 Å². The lowest BCUT2D eigenvalue weighted by atomic mass is 10.2. The number of anilines is 1. The zero-order valence-corrected chi connectivity index (χ0v) is 15.2. The van der Waals surface area contributed by atoms with Crippen LogP contribution in [0.2, 0.25) is 0 Å². The molecule has 3 aromatic rings. The number of thiazole rings is 1. The van der Waals surface area contributed by atoms with Crippen LogP contribution in [0.15, 0.2) is 18.2 Å². The van der Waals surface area contributed by atoms with Gasteiger partial charge in [-0.15, -0.1) is 10.2 Å². The fourth-order valence-electron chi connectivity index (χ4n) is 2.61. The van der Waals surface area contributed by atoms with Gasteiger partial charge in [-0.25, -0.2) is 0 Å². The summed E-state index contributed by atoms with van der Waals surface area (Å²) in [6.07, 6.45) is 0. The van der Waals surface area contributed by atoms with Gasteiger partial charge in [0.2, 0.25) is 4.96 Å². The Hall–Kier alpha value is -2.41. The Bertz CT molecular complexity index is 911. The highest BCUT2D eigenvalue weighted by atomic mass is 32.1. The maximum atomic E-state index is 12.7. The molecule has 0 aliphatic rings. The first-order valence-corrected chi connectivity index (χ1v) is 8.54. The molecule has 0 aliphatic carbocycles. The smallest absolute Gasteiger partial charge is 0.267 e. The number of nitrogens with one attached hydrogen (secondary N) is 1. The minimum absolute atomic E-state index is 0.165. The quantitative estimate of drug-likeness (QED) is 0.782. The summed E-state index contributed by atoms with van der Waals surface area (Å²) in [6, 6.07) is 5.69. The summed E-state index contributed by atoms with van der Waals surface area (Å²) in [4.78, 5) is 14.1. The summed E-state index contributed by atoms with van der Waals surface area (Å²) in [5, 5.41) is 11.3. The molecule has 0 saturated carbocycles. The minimum atomic E-state index is -0.165. The van der Waals surface area contributed by atoms with Crippen molar-refractivity contribution in [2.75, 3.05) is 12.4 Å². The molecule has 0 spiro atoms. The van der Waals surface area contributed by atoms with Crippen molar-refractivity contribution in [3.05, 3.63) is 40.2 Å². The fourth-order valence-corrected chi connectivity index (χ4v) is 3.58. The van der Waals surface area contributed by atoms with E-state index in [1.807, 2.05) is 36.4 Å². The van der Waals surface area contributed by atoms with Crippen molar-refractivity contribution in [1.29, 1.82) is 0 Å². The van der Waals surface area contributed by atoms with Crippen LogP contribution >= 0.6 is 11.3 Å². The highest BCUT2D eigenvalue weighted by Gasteiger charge is 2.21. The number of carbonyl (C=O) groups is 1. The van der Waals surface area contributed by atoms with Gasteiger partial charge < -0.3 is 10.1 Å². The van der Waals surface area contributed by atoms with E-state index >= 15 is 0 Å². The van der Waals surface area contributed by atoms with Crippen LogP contribution < -0.4 is 10.1 Å². The number of fused-ring (bicyclic) bond motifs is 1. The van der Waals surface area contributed by atoms with Crippen molar-refractivity contribution in [3.63, 3.8) is 0 Å². The summed E-state index contributed by atoms with van der Waals surface area (Å²) in [5.74, 6) is 1.58. The number of ether oxygens (including phenoxy) is 1. The normalized spacial score (nSPS) is 11.2. The molecule has 6 nitrogen and oxygen atoms in total. The SMILES string of the molecule is COc1ccc(C)cc1NC(=O)c1sc2nnc(C(C)C)n2c1C. The zero-order valence-electron chi connectivity index (χ0n) is 14.4. The Morgan fingerprint density at radius 2 is 2.04 bits per heavy atom. The highest BCUT2D eigenvalue weighted by Crippen LogP contribution is 2.29. The monoisotopic (exact) mass is 344 g/mol. The van der Waals surface area contributed by atoms with Crippen molar-refractivity contribution >= 4 is 27.9 Å². The van der Waals surface area contributed by atoms with Gasteiger partial charge in [-0.3, -0.25) is 9.20 Å². The van der Waals surface area contributed by atoms with E-state index in [-0.39, 0.29) is 11.8 Å². The lowest BCUT2D eigenvalue weighted by Crippen LogP contribution is -2.13. The van der Waals surface area contributed by atoms with Crippen LogP contribution in [0.5, 0.6) is 5.75 Å². The van der Waals surface area contributed by atoms with Gasteiger partial charge in [0.25, 0.3) is 5.91 Å². The molecular formula is C17H20N4O2S. The molecule has 0 radical (unpaired) electrons. The van der Waals surface area contributed by atoms with Crippen LogP contribution in [0, 0.1) is 13.8 Å². The van der Waals surface area contributed by atoms with Crippen LogP contribution in [-0.4, -0.2) is 27.6 Å². The number of nitrogens with zero attached hydrogens (tertiary/aromatic N) is 3. The lowest BCUT2D eigenvalue weighted by Gasteiger charge is -2.10. The van der Waals surface area contributed by atoms with Gasteiger partial charge >= 0.3 is 0 Å². The number of hydrogen-bond acceptors (Lipinski definition) is 5. The molecule has 0 atom stereocenters. The van der Waals surface area contributed by atoms with Gasteiger partial charge in [0, 0.05) is 11.6 Å². The molecule has 0 bridgehead atoms. The van der Waals surface area contributed by atoms with Gasteiger partial charge in [-0.1, -0.05) is 31.3 Å². The van der Waals surface area contributed by atoms with Gasteiger partial charge in [0.15, 0.2) is 0 Å². The van der Waals surface area contributed by atoms with E-state index in [1.54, 1.807) is 7.11 Å². The molecule has 1 N–H and O–H groups in total. The van der Waals surface area contributed by atoms with Gasteiger partial charge in [-0.2, -0.15) is 0 Å². The Kier molecular flexibility index (Phi) is 4.28. The number of benzene rings is 1. The second-order valence-corrected chi connectivity index (χ2v) is 6.98. The number of hydrogen-bond donors (Lipinski definition) is 1. The molecule has 1 amide bonds. The largest absolute Gasteiger partial charge is 0.495 e. The summed E-state index contributed by atoms with van der Waals surface area (Å²) < 4.78 is 7.28. The first kappa shape index (κ1) is 16.4. The van der Waals surface area contributed by atoms with Gasteiger partial charge in [0.1, 0.15) is 16.5 Å². The van der Waals surface area contributed by atoms with E-state index < -0.39 is 0 Å². The number of methoxy groups -OCH3 is 1. The molecule has 126 valence electrons. The van der Waals surface area contributed by atoms with Crippen LogP contribution in [0.25, 0.3) is 4.96 Å². The molecule has 0 aliphatic heterocycles. The topological polar surface area (TPSA) is 68.5 Å². The third kappa shape index (κ3) is 2.75. The van der Waals surface area contributed by atoms with Crippen molar-refractivity contribution in [2.45, 2.75) is 33.6 Å². The van der Waals surface area contributed by atoms with E-state index in [0.29, 0.717) is 16.3 Å². The van der Waals surface area contributed by atoms with Crippen molar-refractivity contribution in [3.8, 4) is 5.75 Å². The number of rotatable bonds is 4. The maximum Gasteiger partial charge on any atom is 0.267 e. The number of aryl methyl sites for hydroxylation is 2. The average Bonchev–Trinajstić information content (AvgIpc) is 3.08. The molecule has 3 rings (SSSR count). The Labute approximate surface area is 144 Å². The number of amides is 1. The van der Waals surface area contributed by atoms with Crippen molar-refractivity contribution in [1.82, 2.24) is 14.6 Å². The standard InChI is InChI=1S/C17H20N4O2S/c1-9(2)15-19-20-17-21(15)11(4)14(24-17)16(22)18-12-8-10(3)6-7-13(12)23-5/h6-9H,1-5H3,(H,18,22). The average molecular weight is 344 g/mol. The summed E-state index contributed by atoms with van der Waals surface area (Å²) in [5.41, 5.74) is 2.57. The van der Waals surface area contributed by atoms with E-state index in [0.717, 1.165) is 22.0 Å². The molecule has 7 heteroatoms.